The maximum absolute atomic E-state index is 13.4. The molecule has 1 aromatic heterocycles. The first kappa shape index (κ1) is 23.8. The number of halogens is 2. The molecule has 0 spiro atoms. The number of ether oxygens (including phenoxy) is 2. The number of pyridine rings is 1. The van der Waals surface area contributed by atoms with Crippen LogP contribution in [0.4, 0.5) is 4.39 Å². The lowest BCUT2D eigenvalue weighted by Crippen LogP contribution is -2.37. The van der Waals surface area contributed by atoms with Crippen LogP contribution >= 0.6 is 24.0 Å². The van der Waals surface area contributed by atoms with Crippen LogP contribution < -0.4 is 20.1 Å². The second-order valence-electron chi connectivity index (χ2n) is 7.17. The van der Waals surface area contributed by atoms with Crippen LogP contribution in [0.2, 0.25) is 0 Å². The molecule has 1 aliphatic heterocycles. The summed E-state index contributed by atoms with van der Waals surface area (Å²) < 4.78 is 24.8. The number of nitrogens with one attached hydrogen (secondary N) is 2. The molecule has 0 radical (unpaired) electrons. The number of hydrogen-bond acceptors (Lipinski definition) is 4. The molecule has 0 atom stereocenters. The van der Waals surface area contributed by atoms with Gasteiger partial charge in [0.2, 0.25) is 5.88 Å². The number of guanidine groups is 1. The van der Waals surface area contributed by atoms with Gasteiger partial charge in [0.25, 0.3) is 0 Å². The normalized spacial score (nSPS) is 12.4. The maximum atomic E-state index is 13.4. The molecule has 1 aliphatic rings. The third-order valence-electron chi connectivity index (χ3n) is 4.99. The molecule has 0 bridgehead atoms. The van der Waals surface area contributed by atoms with Crippen LogP contribution in [0, 0.1) is 5.82 Å². The summed E-state index contributed by atoms with van der Waals surface area (Å²) in [5.41, 5.74) is 3.39. The number of aliphatic imine (C=N–C) groups is 1. The molecule has 0 saturated carbocycles. The van der Waals surface area contributed by atoms with Gasteiger partial charge in [0, 0.05) is 44.4 Å². The highest BCUT2D eigenvalue weighted by Gasteiger charge is 2.12. The van der Waals surface area contributed by atoms with E-state index in [-0.39, 0.29) is 29.8 Å². The number of benzene rings is 2. The van der Waals surface area contributed by atoms with Gasteiger partial charge in [0.1, 0.15) is 17.3 Å². The van der Waals surface area contributed by atoms with Crippen molar-refractivity contribution in [2.24, 2.45) is 4.99 Å². The van der Waals surface area contributed by atoms with Crippen molar-refractivity contribution in [3.63, 3.8) is 0 Å². The molecule has 6 nitrogen and oxygen atoms in total. The van der Waals surface area contributed by atoms with Crippen LogP contribution in [0.25, 0.3) is 0 Å². The first-order chi connectivity index (χ1) is 15.2. The van der Waals surface area contributed by atoms with Crippen molar-refractivity contribution in [3.05, 3.63) is 83.3 Å². The SMILES string of the molecule is CN=C(NCCc1ccc2c(c1)CCO2)NCc1cccnc1Oc1cccc(F)c1.I. The van der Waals surface area contributed by atoms with Gasteiger partial charge in [-0.3, -0.25) is 4.99 Å². The lowest BCUT2D eigenvalue weighted by atomic mass is 10.1. The van der Waals surface area contributed by atoms with Crippen molar-refractivity contribution in [1.29, 1.82) is 0 Å². The van der Waals surface area contributed by atoms with Gasteiger partial charge in [-0.15, -0.1) is 24.0 Å². The molecule has 3 aromatic rings. The minimum Gasteiger partial charge on any atom is -0.493 e. The molecule has 2 N–H and O–H groups in total. The summed E-state index contributed by atoms with van der Waals surface area (Å²) in [6, 6.07) is 16.1. The summed E-state index contributed by atoms with van der Waals surface area (Å²) in [4.78, 5) is 8.56. The highest BCUT2D eigenvalue weighted by atomic mass is 127. The van der Waals surface area contributed by atoms with Gasteiger partial charge in [-0.25, -0.2) is 9.37 Å². The van der Waals surface area contributed by atoms with Crippen molar-refractivity contribution in [2.75, 3.05) is 20.2 Å². The van der Waals surface area contributed by atoms with E-state index in [1.807, 2.05) is 18.2 Å². The van der Waals surface area contributed by atoms with Gasteiger partial charge in [0.05, 0.1) is 6.61 Å². The summed E-state index contributed by atoms with van der Waals surface area (Å²) in [7, 11) is 1.73. The number of nitrogens with zero attached hydrogens (tertiary/aromatic N) is 2. The Bertz CT molecular complexity index is 1080. The number of rotatable bonds is 7. The molecule has 32 heavy (non-hydrogen) atoms. The topological polar surface area (TPSA) is 67.8 Å². The van der Waals surface area contributed by atoms with Gasteiger partial charge in [0.15, 0.2) is 5.96 Å². The average Bonchev–Trinajstić information content (AvgIpc) is 3.25. The smallest absolute Gasteiger partial charge is 0.224 e. The van der Waals surface area contributed by atoms with Crippen molar-refractivity contribution >= 4 is 29.9 Å². The molecule has 0 unspecified atom stereocenters. The fourth-order valence-corrected chi connectivity index (χ4v) is 3.41. The molecule has 0 amide bonds. The van der Waals surface area contributed by atoms with E-state index in [4.69, 9.17) is 9.47 Å². The fourth-order valence-electron chi connectivity index (χ4n) is 3.41. The van der Waals surface area contributed by atoms with Gasteiger partial charge < -0.3 is 20.1 Å². The molecule has 8 heteroatoms. The van der Waals surface area contributed by atoms with Crippen molar-refractivity contribution in [2.45, 2.75) is 19.4 Å². The van der Waals surface area contributed by atoms with E-state index < -0.39 is 0 Å². The van der Waals surface area contributed by atoms with Crippen LogP contribution in [0.1, 0.15) is 16.7 Å². The largest absolute Gasteiger partial charge is 0.493 e. The van der Waals surface area contributed by atoms with E-state index in [2.05, 4.69) is 32.7 Å². The Hall–Kier alpha value is -2.88. The molecular formula is C24H26FIN4O2. The molecule has 2 aromatic carbocycles. The van der Waals surface area contributed by atoms with Crippen LogP contribution in [0.15, 0.2) is 65.8 Å². The Morgan fingerprint density at radius 2 is 2.06 bits per heavy atom. The third kappa shape index (κ3) is 6.32. The summed E-state index contributed by atoms with van der Waals surface area (Å²) in [6.07, 6.45) is 3.51. The van der Waals surface area contributed by atoms with E-state index in [1.54, 1.807) is 25.4 Å². The zero-order chi connectivity index (χ0) is 21.5. The highest BCUT2D eigenvalue weighted by molar-refractivity contribution is 14.0. The van der Waals surface area contributed by atoms with Gasteiger partial charge >= 0.3 is 0 Å². The predicted octanol–water partition coefficient (Wildman–Crippen LogP) is 4.47. The molecule has 2 heterocycles. The van der Waals surface area contributed by atoms with Gasteiger partial charge in [-0.05, 0) is 41.8 Å². The second-order valence-corrected chi connectivity index (χ2v) is 7.17. The average molecular weight is 548 g/mol. The molecular weight excluding hydrogens is 522 g/mol. The lowest BCUT2D eigenvalue weighted by molar-refractivity contribution is 0.357. The van der Waals surface area contributed by atoms with Crippen molar-refractivity contribution < 1.29 is 13.9 Å². The Morgan fingerprint density at radius 3 is 2.91 bits per heavy atom. The van der Waals surface area contributed by atoms with E-state index in [0.29, 0.717) is 24.1 Å². The second kappa shape index (κ2) is 11.7. The summed E-state index contributed by atoms with van der Waals surface area (Å²) in [5, 5.41) is 6.61. The number of fused-ring (bicyclic) bond motifs is 1. The Labute approximate surface area is 204 Å². The third-order valence-corrected chi connectivity index (χ3v) is 4.99. The van der Waals surface area contributed by atoms with Crippen LogP contribution in [0.5, 0.6) is 17.4 Å². The highest BCUT2D eigenvalue weighted by Crippen LogP contribution is 2.26. The Morgan fingerprint density at radius 1 is 1.16 bits per heavy atom. The predicted molar refractivity (Wildman–Crippen MR) is 134 cm³/mol. The maximum Gasteiger partial charge on any atom is 0.224 e. The van der Waals surface area contributed by atoms with E-state index >= 15 is 0 Å². The zero-order valence-electron chi connectivity index (χ0n) is 17.8. The van der Waals surface area contributed by atoms with Crippen LogP contribution in [0.3, 0.4) is 0 Å². The molecule has 0 fully saturated rings. The van der Waals surface area contributed by atoms with E-state index in [0.717, 1.165) is 37.3 Å². The van der Waals surface area contributed by atoms with Crippen molar-refractivity contribution in [1.82, 2.24) is 15.6 Å². The minimum atomic E-state index is -0.353. The summed E-state index contributed by atoms with van der Waals surface area (Å²) in [6.45, 7) is 1.99. The van der Waals surface area contributed by atoms with Crippen LogP contribution in [-0.2, 0) is 19.4 Å². The molecule has 0 saturated heterocycles. The van der Waals surface area contributed by atoms with E-state index in [9.17, 15) is 4.39 Å². The molecule has 4 rings (SSSR count). The van der Waals surface area contributed by atoms with Crippen molar-refractivity contribution in [3.8, 4) is 17.4 Å². The Kier molecular flexibility index (Phi) is 8.66. The summed E-state index contributed by atoms with van der Waals surface area (Å²) >= 11 is 0. The fraction of sp³-hybridized carbons (Fsp3) is 0.250. The van der Waals surface area contributed by atoms with Crippen LogP contribution in [-0.4, -0.2) is 31.1 Å². The molecule has 168 valence electrons. The first-order valence-corrected chi connectivity index (χ1v) is 10.3. The van der Waals surface area contributed by atoms with Gasteiger partial charge in [-0.2, -0.15) is 0 Å². The minimum absolute atomic E-state index is 0. The van der Waals surface area contributed by atoms with Gasteiger partial charge in [-0.1, -0.05) is 24.3 Å². The number of aromatic nitrogens is 1. The summed E-state index contributed by atoms with van der Waals surface area (Å²) in [5.74, 6) is 2.17. The zero-order valence-corrected chi connectivity index (χ0v) is 20.1. The monoisotopic (exact) mass is 548 g/mol. The molecule has 0 aliphatic carbocycles. The van der Waals surface area contributed by atoms with E-state index in [1.165, 1.54) is 23.3 Å². The number of hydrogen-bond donors (Lipinski definition) is 2. The Balaban J connectivity index is 0.00000289. The lowest BCUT2D eigenvalue weighted by Gasteiger charge is -2.14. The first-order valence-electron chi connectivity index (χ1n) is 10.3. The quantitative estimate of drug-likeness (QED) is 0.259. The standard InChI is InChI=1S/C24H25FN4O2.HI/c1-26-24(28-12-9-17-7-8-22-18(14-17)10-13-30-22)29-16-19-4-3-11-27-23(19)31-21-6-2-5-20(25)15-21;/h2-8,11,14-15H,9-10,12-13,16H2,1H3,(H2,26,28,29);1H.